The lowest BCUT2D eigenvalue weighted by atomic mass is 10.3. The molecule has 0 radical (unpaired) electrons. The van der Waals surface area contributed by atoms with Crippen molar-refractivity contribution in [1.29, 1.82) is 0 Å². The van der Waals surface area contributed by atoms with E-state index in [-0.39, 0.29) is 0 Å². The topological polar surface area (TPSA) is 12.9 Å². The number of para-hydroxylation sites is 1. The van der Waals surface area contributed by atoms with E-state index in [2.05, 4.69) is 42.4 Å². The minimum absolute atomic E-state index is 1.10. The van der Waals surface area contributed by atoms with Gasteiger partial charge in [0.25, 0.3) is 0 Å². The molecule has 14 heavy (non-hydrogen) atoms. The van der Waals surface area contributed by atoms with Gasteiger partial charge in [-0.25, -0.2) is 4.98 Å². The predicted molar refractivity (Wildman–Crippen MR) is 66.8 cm³/mol. The lowest BCUT2D eigenvalue weighted by molar-refractivity contribution is 1.46. The van der Waals surface area contributed by atoms with E-state index >= 15 is 0 Å². The number of thioether (sulfide) groups is 1. The van der Waals surface area contributed by atoms with Gasteiger partial charge < -0.3 is 0 Å². The molecule has 1 aromatic carbocycles. The van der Waals surface area contributed by atoms with Crippen molar-refractivity contribution in [2.24, 2.45) is 0 Å². The maximum Gasteiger partial charge on any atom is 0.118 e. The Hall–Kier alpha value is -0.800. The third-order valence-corrected chi connectivity index (χ3v) is 3.70. The monoisotopic (exact) mass is 221 g/mol. The second-order valence-corrected chi connectivity index (χ2v) is 5.09. The van der Waals surface area contributed by atoms with Gasteiger partial charge in [0.05, 0.1) is 10.2 Å². The zero-order valence-corrected chi connectivity index (χ0v) is 9.78. The fourth-order valence-electron chi connectivity index (χ4n) is 1.18. The van der Waals surface area contributed by atoms with Crippen molar-refractivity contribution in [3.63, 3.8) is 0 Å². The lowest BCUT2D eigenvalue weighted by Gasteiger charge is -1.89. The van der Waals surface area contributed by atoms with Crippen molar-refractivity contribution in [2.45, 2.75) is 6.92 Å². The van der Waals surface area contributed by atoms with Crippen LogP contribution >= 0.6 is 23.1 Å². The smallest absolute Gasteiger partial charge is 0.118 e. The average Bonchev–Trinajstić information content (AvgIpc) is 2.59. The van der Waals surface area contributed by atoms with Crippen molar-refractivity contribution >= 4 is 39.4 Å². The largest absolute Gasteiger partial charge is 0.237 e. The molecule has 0 saturated carbocycles. The SMILES string of the molecule is CSC(C)=Cc1nc2ccccc2s1. The van der Waals surface area contributed by atoms with Crippen LogP contribution in [0.3, 0.4) is 0 Å². The number of benzene rings is 1. The van der Waals surface area contributed by atoms with Crippen LogP contribution in [0.1, 0.15) is 11.9 Å². The van der Waals surface area contributed by atoms with Crippen LogP contribution in [0.5, 0.6) is 0 Å². The first kappa shape index (κ1) is 9.74. The van der Waals surface area contributed by atoms with Gasteiger partial charge in [-0.2, -0.15) is 0 Å². The number of aromatic nitrogens is 1. The van der Waals surface area contributed by atoms with Gasteiger partial charge in [-0.1, -0.05) is 12.1 Å². The molecule has 0 unspecified atom stereocenters. The van der Waals surface area contributed by atoms with Gasteiger partial charge in [0.15, 0.2) is 0 Å². The standard InChI is InChI=1S/C11H11NS2/c1-8(13-2)7-11-12-9-5-3-4-6-10(9)14-11/h3-7H,1-2H3. The Bertz CT molecular complexity index is 438. The highest BCUT2D eigenvalue weighted by atomic mass is 32.2. The van der Waals surface area contributed by atoms with E-state index in [0.717, 1.165) is 10.5 Å². The Balaban J connectivity index is 2.45. The van der Waals surface area contributed by atoms with Crippen LogP contribution < -0.4 is 0 Å². The second kappa shape index (κ2) is 4.15. The van der Waals surface area contributed by atoms with Crippen LogP contribution in [-0.2, 0) is 0 Å². The molecule has 0 aliphatic carbocycles. The Kier molecular flexibility index (Phi) is 2.89. The fraction of sp³-hybridized carbons (Fsp3) is 0.182. The van der Waals surface area contributed by atoms with Crippen LogP contribution in [0.25, 0.3) is 16.3 Å². The first-order chi connectivity index (χ1) is 6.79. The molecule has 0 bridgehead atoms. The van der Waals surface area contributed by atoms with Gasteiger partial charge in [0, 0.05) is 0 Å². The van der Waals surface area contributed by atoms with Gasteiger partial charge >= 0.3 is 0 Å². The van der Waals surface area contributed by atoms with Gasteiger partial charge in [-0.15, -0.1) is 23.1 Å². The Morgan fingerprint density at radius 1 is 1.43 bits per heavy atom. The summed E-state index contributed by atoms with van der Waals surface area (Å²) in [4.78, 5) is 5.82. The molecule has 0 N–H and O–H groups in total. The summed E-state index contributed by atoms with van der Waals surface area (Å²) < 4.78 is 1.26. The fourth-order valence-corrected chi connectivity index (χ4v) is 2.46. The number of hydrogen-bond donors (Lipinski definition) is 0. The van der Waals surface area contributed by atoms with E-state index in [9.17, 15) is 0 Å². The van der Waals surface area contributed by atoms with E-state index in [1.54, 1.807) is 23.1 Å². The molecule has 2 aromatic rings. The predicted octanol–water partition coefficient (Wildman–Crippen LogP) is 4.02. The minimum Gasteiger partial charge on any atom is -0.237 e. The molecule has 2 rings (SSSR count). The van der Waals surface area contributed by atoms with Crippen molar-refractivity contribution in [2.75, 3.05) is 6.26 Å². The molecule has 0 amide bonds. The summed E-state index contributed by atoms with van der Waals surface area (Å²) in [5.41, 5.74) is 1.10. The van der Waals surface area contributed by atoms with Crippen molar-refractivity contribution < 1.29 is 0 Å². The zero-order valence-electron chi connectivity index (χ0n) is 8.15. The van der Waals surface area contributed by atoms with E-state index in [0.29, 0.717) is 0 Å². The summed E-state index contributed by atoms with van der Waals surface area (Å²) in [5, 5.41) is 1.10. The number of rotatable bonds is 2. The Morgan fingerprint density at radius 3 is 2.93 bits per heavy atom. The number of hydrogen-bond acceptors (Lipinski definition) is 3. The van der Waals surface area contributed by atoms with E-state index in [1.165, 1.54) is 9.61 Å². The van der Waals surface area contributed by atoms with Gasteiger partial charge in [0.2, 0.25) is 0 Å². The molecule has 0 spiro atoms. The molecule has 0 aliphatic rings. The van der Waals surface area contributed by atoms with Crippen LogP contribution in [0.4, 0.5) is 0 Å². The molecule has 1 nitrogen and oxygen atoms in total. The van der Waals surface area contributed by atoms with Crippen LogP contribution in [-0.4, -0.2) is 11.2 Å². The summed E-state index contributed by atoms with van der Waals surface area (Å²) in [7, 11) is 0. The Morgan fingerprint density at radius 2 is 2.21 bits per heavy atom. The average molecular weight is 221 g/mol. The Labute approximate surface area is 91.9 Å². The van der Waals surface area contributed by atoms with E-state index < -0.39 is 0 Å². The number of thiazole rings is 1. The summed E-state index contributed by atoms with van der Waals surface area (Å²) in [6.07, 6.45) is 4.22. The molecule has 0 atom stereocenters. The summed E-state index contributed by atoms with van der Waals surface area (Å²) in [5.74, 6) is 0. The van der Waals surface area contributed by atoms with E-state index in [1.807, 2.05) is 6.07 Å². The molecule has 72 valence electrons. The summed E-state index contributed by atoms with van der Waals surface area (Å²) in [6, 6.07) is 8.24. The quantitative estimate of drug-likeness (QED) is 0.759. The van der Waals surface area contributed by atoms with Crippen molar-refractivity contribution in [3.05, 3.63) is 34.2 Å². The van der Waals surface area contributed by atoms with Crippen molar-refractivity contribution in [1.82, 2.24) is 4.98 Å². The highest BCUT2D eigenvalue weighted by Gasteiger charge is 1.99. The first-order valence-corrected chi connectivity index (χ1v) is 6.41. The molecule has 0 saturated heterocycles. The molecular formula is C11H11NS2. The molecule has 3 heteroatoms. The first-order valence-electron chi connectivity index (χ1n) is 4.37. The number of nitrogens with zero attached hydrogens (tertiary/aromatic N) is 1. The van der Waals surface area contributed by atoms with Crippen LogP contribution in [0.2, 0.25) is 0 Å². The molecule has 0 fully saturated rings. The molecule has 1 aromatic heterocycles. The molecule has 1 heterocycles. The second-order valence-electron chi connectivity index (χ2n) is 2.98. The normalized spacial score (nSPS) is 12.3. The number of fused-ring (bicyclic) bond motifs is 1. The van der Waals surface area contributed by atoms with Crippen LogP contribution in [0, 0.1) is 0 Å². The maximum atomic E-state index is 4.53. The third kappa shape index (κ3) is 1.99. The highest BCUT2D eigenvalue weighted by molar-refractivity contribution is 8.02. The van der Waals surface area contributed by atoms with Gasteiger partial charge in [0.1, 0.15) is 5.01 Å². The number of allylic oxidation sites excluding steroid dienone is 1. The maximum absolute atomic E-state index is 4.53. The van der Waals surface area contributed by atoms with Crippen LogP contribution in [0.15, 0.2) is 29.2 Å². The lowest BCUT2D eigenvalue weighted by Crippen LogP contribution is -1.70. The summed E-state index contributed by atoms with van der Waals surface area (Å²) in [6.45, 7) is 2.11. The zero-order chi connectivity index (χ0) is 9.97. The third-order valence-electron chi connectivity index (χ3n) is 1.96. The molecular weight excluding hydrogens is 210 g/mol. The molecule has 0 aliphatic heterocycles. The van der Waals surface area contributed by atoms with Crippen molar-refractivity contribution in [3.8, 4) is 0 Å². The van der Waals surface area contributed by atoms with E-state index in [4.69, 9.17) is 0 Å². The summed E-state index contributed by atoms with van der Waals surface area (Å²) >= 11 is 3.50. The van der Waals surface area contributed by atoms with Gasteiger partial charge in [-0.3, -0.25) is 0 Å². The highest BCUT2D eigenvalue weighted by Crippen LogP contribution is 2.24. The van der Waals surface area contributed by atoms with Gasteiger partial charge in [-0.05, 0) is 36.3 Å². The minimum atomic E-state index is 1.10.